The Bertz CT molecular complexity index is 535. The predicted octanol–water partition coefficient (Wildman–Crippen LogP) is 2.98. The van der Waals surface area contributed by atoms with Crippen LogP contribution in [0.15, 0.2) is 28.8 Å². The molecule has 0 amide bonds. The number of nitrogens with one attached hydrogen (secondary N) is 1. The third kappa shape index (κ3) is 3.58. The van der Waals surface area contributed by atoms with Crippen LogP contribution in [0.3, 0.4) is 0 Å². The Labute approximate surface area is 113 Å². The summed E-state index contributed by atoms with van der Waals surface area (Å²) < 4.78 is 11.0. The lowest BCUT2D eigenvalue weighted by molar-refractivity contribution is 0.247. The molecule has 2 rings (SSSR count). The van der Waals surface area contributed by atoms with E-state index in [1.165, 1.54) is 5.56 Å². The summed E-state index contributed by atoms with van der Waals surface area (Å²) in [5, 5.41) is 7.19. The molecule has 0 aliphatic heterocycles. The summed E-state index contributed by atoms with van der Waals surface area (Å²) in [6.45, 7) is 8.24. The Kier molecular flexibility index (Phi) is 4.58. The highest BCUT2D eigenvalue weighted by atomic mass is 16.5. The average Bonchev–Trinajstić information content (AvgIpc) is 2.86. The van der Waals surface area contributed by atoms with Crippen LogP contribution in [0.1, 0.15) is 29.5 Å². The first-order valence-corrected chi connectivity index (χ1v) is 6.55. The van der Waals surface area contributed by atoms with Crippen LogP contribution < -0.4 is 10.1 Å². The molecule has 0 saturated carbocycles. The maximum absolute atomic E-state index is 5.77. The Hall–Kier alpha value is -1.81. The molecule has 0 spiro atoms. The quantitative estimate of drug-likeness (QED) is 0.867. The van der Waals surface area contributed by atoms with Crippen molar-refractivity contribution < 1.29 is 9.26 Å². The number of nitrogens with zero attached hydrogens (tertiary/aromatic N) is 1. The zero-order valence-corrected chi connectivity index (χ0v) is 11.7. The van der Waals surface area contributed by atoms with Gasteiger partial charge in [0.15, 0.2) is 5.76 Å². The number of aromatic nitrogens is 1. The zero-order chi connectivity index (χ0) is 13.7. The Morgan fingerprint density at radius 1 is 1.32 bits per heavy atom. The number of aryl methyl sites for hydroxylation is 1. The lowest BCUT2D eigenvalue weighted by Gasteiger charge is -2.08. The molecule has 1 aromatic heterocycles. The Balaban J connectivity index is 1.95. The van der Waals surface area contributed by atoms with Gasteiger partial charge in [-0.2, -0.15) is 0 Å². The molecule has 1 heterocycles. The summed E-state index contributed by atoms with van der Waals surface area (Å²) in [6, 6.07) is 7.96. The van der Waals surface area contributed by atoms with Gasteiger partial charge in [-0.1, -0.05) is 24.2 Å². The van der Waals surface area contributed by atoms with Crippen molar-refractivity contribution in [3.63, 3.8) is 0 Å². The number of benzene rings is 1. The van der Waals surface area contributed by atoms with Crippen molar-refractivity contribution in [2.24, 2.45) is 0 Å². The van der Waals surface area contributed by atoms with Crippen LogP contribution in [0.2, 0.25) is 0 Å². The molecule has 0 saturated heterocycles. The van der Waals surface area contributed by atoms with Crippen LogP contribution in [-0.2, 0) is 13.2 Å². The largest absolute Gasteiger partial charge is 0.485 e. The average molecular weight is 260 g/mol. The van der Waals surface area contributed by atoms with E-state index in [2.05, 4.69) is 37.3 Å². The van der Waals surface area contributed by atoms with Crippen molar-refractivity contribution in [2.45, 2.75) is 33.9 Å². The molecule has 0 aliphatic carbocycles. The van der Waals surface area contributed by atoms with E-state index in [1.807, 2.05) is 18.2 Å². The molecule has 2 aromatic rings. The molecule has 0 atom stereocenters. The fraction of sp³-hybridized carbons (Fsp3) is 0.400. The monoisotopic (exact) mass is 260 g/mol. The molecule has 102 valence electrons. The minimum absolute atomic E-state index is 0.406. The molecule has 4 heteroatoms. The number of hydrogen-bond acceptors (Lipinski definition) is 4. The lowest BCUT2D eigenvalue weighted by atomic mass is 10.1. The molecular formula is C15H20N2O2. The van der Waals surface area contributed by atoms with Gasteiger partial charge in [-0.05, 0) is 37.6 Å². The predicted molar refractivity (Wildman–Crippen MR) is 74.1 cm³/mol. The summed E-state index contributed by atoms with van der Waals surface area (Å²) >= 11 is 0. The van der Waals surface area contributed by atoms with Gasteiger partial charge < -0.3 is 14.6 Å². The molecule has 0 radical (unpaired) electrons. The van der Waals surface area contributed by atoms with E-state index in [4.69, 9.17) is 9.26 Å². The van der Waals surface area contributed by atoms with E-state index in [9.17, 15) is 0 Å². The second kappa shape index (κ2) is 6.38. The van der Waals surface area contributed by atoms with Gasteiger partial charge in [0.25, 0.3) is 0 Å². The molecule has 0 unspecified atom stereocenters. The van der Waals surface area contributed by atoms with E-state index >= 15 is 0 Å². The minimum Gasteiger partial charge on any atom is -0.485 e. The first-order valence-electron chi connectivity index (χ1n) is 6.55. The number of rotatable bonds is 6. The van der Waals surface area contributed by atoms with Gasteiger partial charge >= 0.3 is 0 Å². The fourth-order valence-corrected chi connectivity index (χ4v) is 1.79. The van der Waals surface area contributed by atoms with Crippen LogP contribution in [0.25, 0.3) is 0 Å². The van der Waals surface area contributed by atoms with E-state index in [0.29, 0.717) is 6.61 Å². The van der Waals surface area contributed by atoms with Crippen molar-refractivity contribution in [3.05, 3.63) is 46.8 Å². The molecule has 1 aromatic carbocycles. The van der Waals surface area contributed by atoms with E-state index in [1.54, 1.807) is 0 Å². The van der Waals surface area contributed by atoms with Crippen LogP contribution in [0, 0.1) is 13.8 Å². The summed E-state index contributed by atoms with van der Waals surface area (Å²) in [7, 11) is 0. The highest BCUT2D eigenvalue weighted by molar-refractivity contribution is 5.38. The SMILES string of the molecule is CCNCc1cc(COc2cccc(C)c2C)on1. The van der Waals surface area contributed by atoms with Gasteiger partial charge in [-0.15, -0.1) is 0 Å². The van der Waals surface area contributed by atoms with Crippen molar-refractivity contribution >= 4 is 0 Å². The van der Waals surface area contributed by atoms with Crippen LogP contribution in [0.4, 0.5) is 0 Å². The summed E-state index contributed by atoms with van der Waals surface area (Å²) in [6.07, 6.45) is 0. The Morgan fingerprint density at radius 2 is 2.16 bits per heavy atom. The zero-order valence-electron chi connectivity index (χ0n) is 11.7. The number of ether oxygens (including phenoxy) is 1. The third-order valence-electron chi connectivity index (χ3n) is 3.09. The topological polar surface area (TPSA) is 47.3 Å². The van der Waals surface area contributed by atoms with Crippen molar-refractivity contribution in [1.82, 2.24) is 10.5 Å². The van der Waals surface area contributed by atoms with E-state index < -0.39 is 0 Å². The summed E-state index contributed by atoms with van der Waals surface area (Å²) in [5.74, 6) is 1.64. The fourth-order valence-electron chi connectivity index (χ4n) is 1.79. The summed E-state index contributed by atoms with van der Waals surface area (Å²) in [5.41, 5.74) is 3.29. The highest BCUT2D eigenvalue weighted by Crippen LogP contribution is 2.21. The second-order valence-electron chi connectivity index (χ2n) is 4.55. The molecule has 0 aliphatic rings. The van der Waals surface area contributed by atoms with Crippen molar-refractivity contribution in [3.8, 4) is 5.75 Å². The second-order valence-corrected chi connectivity index (χ2v) is 4.55. The van der Waals surface area contributed by atoms with Gasteiger partial charge in [-0.3, -0.25) is 0 Å². The van der Waals surface area contributed by atoms with Gasteiger partial charge in [-0.25, -0.2) is 0 Å². The van der Waals surface area contributed by atoms with Gasteiger partial charge in [0.2, 0.25) is 0 Å². The number of hydrogen-bond donors (Lipinski definition) is 1. The molecule has 0 bridgehead atoms. The van der Waals surface area contributed by atoms with E-state index in [0.717, 1.165) is 35.9 Å². The maximum Gasteiger partial charge on any atom is 0.174 e. The molecule has 19 heavy (non-hydrogen) atoms. The van der Waals surface area contributed by atoms with Crippen molar-refractivity contribution in [2.75, 3.05) is 6.54 Å². The molecule has 4 nitrogen and oxygen atoms in total. The van der Waals surface area contributed by atoms with Gasteiger partial charge in [0, 0.05) is 12.6 Å². The minimum atomic E-state index is 0.406. The smallest absolute Gasteiger partial charge is 0.174 e. The van der Waals surface area contributed by atoms with Crippen molar-refractivity contribution in [1.29, 1.82) is 0 Å². The van der Waals surface area contributed by atoms with Crippen LogP contribution in [0.5, 0.6) is 5.75 Å². The van der Waals surface area contributed by atoms with Crippen LogP contribution in [-0.4, -0.2) is 11.7 Å². The third-order valence-corrected chi connectivity index (χ3v) is 3.09. The molecule has 0 fully saturated rings. The first-order chi connectivity index (χ1) is 9.20. The normalized spacial score (nSPS) is 10.7. The molecule has 1 N–H and O–H groups in total. The van der Waals surface area contributed by atoms with Gasteiger partial charge in [0.05, 0.1) is 5.69 Å². The Morgan fingerprint density at radius 3 is 2.95 bits per heavy atom. The standard InChI is InChI=1S/C15H20N2O2/c1-4-16-9-13-8-14(19-17-13)10-18-15-7-5-6-11(2)12(15)3/h5-8,16H,4,9-10H2,1-3H3. The van der Waals surface area contributed by atoms with E-state index in [-0.39, 0.29) is 0 Å². The first kappa shape index (κ1) is 13.6. The van der Waals surface area contributed by atoms with Gasteiger partial charge in [0.1, 0.15) is 12.4 Å². The maximum atomic E-state index is 5.77. The summed E-state index contributed by atoms with van der Waals surface area (Å²) in [4.78, 5) is 0. The highest BCUT2D eigenvalue weighted by Gasteiger charge is 2.06. The van der Waals surface area contributed by atoms with Crippen LogP contribution >= 0.6 is 0 Å². The lowest BCUT2D eigenvalue weighted by Crippen LogP contribution is -2.11. The molecular weight excluding hydrogens is 240 g/mol.